The quantitative estimate of drug-likeness (QED) is 0.847. The maximum absolute atomic E-state index is 12.8. The minimum atomic E-state index is -0.0793. The van der Waals surface area contributed by atoms with Gasteiger partial charge in [0.05, 0.1) is 11.6 Å². The molecule has 0 aromatic heterocycles. The molecule has 2 aliphatic heterocycles. The number of nitrogens with one attached hydrogen (secondary N) is 1. The first-order valence-corrected chi connectivity index (χ1v) is 10.6. The molecular weight excluding hydrogens is 360 g/mol. The van der Waals surface area contributed by atoms with Crippen LogP contribution in [0.25, 0.3) is 0 Å². The molecule has 1 N–H and O–H groups in total. The van der Waals surface area contributed by atoms with Crippen LogP contribution in [-0.2, 0) is 25.9 Å². The van der Waals surface area contributed by atoms with Gasteiger partial charge in [-0.05, 0) is 72.2 Å². The summed E-state index contributed by atoms with van der Waals surface area (Å²) >= 11 is 0. The summed E-state index contributed by atoms with van der Waals surface area (Å²) in [4.78, 5) is 17.3. The van der Waals surface area contributed by atoms with Crippen LogP contribution in [0, 0.1) is 11.3 Å². The SMILES string of the molecule is N#Cc1ccc2c(c1)CN(C(=O)Nc1ccc3c(c1)CCN(C1CCC1)CC3)C2. The second-order valence-electron chi connectivity index (χ2n) is 8.49. The molecule has 2 heterocycles. The third-order valence-corrected chi connectivity index (χ3v) is 6.73. The summed E-state index contributed by atoms with van der Waals surface area (Å²) in [5.41, 5.74) is 6.50. The third-order valence-electron chi connectivity index (χ3n) is 6.73. The molecule has 0 bridgehead atoms. The van der Waals surface area contributed by atoms with Gasteiger partial charge in [-0.1, -0.05) is 18.6 Å². The van der Waals surface area contributed by atoms with Crippen LogP contribution >= 0.6 is 0 Å². The van der Waals surface area contributed by atoms with Crippen molar-refractivity contribution < 1.29 is 4.79 Å². The molecule has 0 spiro atoms. The minimum Gasteiger partial charge on any atom is -0.316 e. The van der Waals surface area contributed by atoms with E-state index < -0.39 is 0 Å². The number of hydrogen-bond acceptors (Lipinski definition) is 3. The molecule has 1 saturated carbocycles. The lowest BCUT2D eigenvalue weighted by atomic mass is 9.91. The average molecular weight is 386 g/mol. The highest BCUT2D eigenvalue weighted by Gasteiger charge is 2.27. The summed E-state index contributed by atoms with van der Waals surface area (Å²) in [7, 11) is 0. The number of nitriles is 1. The summed E-state index contributed by atoms with van der Waals surface area (Å²) in [5.74, 6) is 0. The predicted molar refractivity (Wildman–Crippen MR) is 112 cm³/mol. The van der Waals surface area contributed by atoms with E-state index in [1.807, 2.05) is 24.3 Å². The molecule has 5 heteroatoms. The van der Waals surface area contributed by atoms with E-state index in [4.69, 9.17) is 5.26 Å². The lowest BCUT2D eigenvalue weighted by Gasteiger charge is -2.36. The highest BCUT2D eigenvalue weighted by Crippen LogP contribution is 2.29. The van der Waals surface area contributed by atoms with Gasteiger partial charge in [0.15, 0.2) is 0 Å². The molecule has 1 fully saturated rings. The monoisotopic (exact) mass is 386 g/mol. The van der Waals surface area contributed by atoms with Gasteiger partial charge in [-0.3, -0.25) is 4.90 Å². The van der Waals surface area contributed by atoms with Crippen molar-refractivity contribution in [3.8, 4) is 6.07 Å². The van der Waals surface area contributed by atoms with E-state index in [1.165, 1.54) is 30.4 Å². The van der Waals surface area contributed by atoms with Crippen LogP contribution in [0.5, 0.6) is 0 Å². The Bertz CT molecular complexity index is 989. The lowest BCUT2D eigenvalue weighted by molar-refractivity contribution is 0.133. The highest BCUT2D eigenvalue weighted by molar-refractivity contribution is 5.89. The van der Waals surface area contributed by atoms with Crippen molar-refractivity contribution in [1.29, 1.82) is 5.26 Å². The zero-order chi connectivity index (χ0) is 19.8. The summed E-state index contributed by atoms with van der Waals surface area (Å²) < 4.78 is 0. The van der Waals surface area contributed by atoms with Crippen molar-refractivity contribution >= 4 is 11.7 Å². The van der Waals surface area contributed by atoms with Gasteiger partial charge >= 0.3 is 6.03 Å². The molecule has 5 nitrogen and oxygen atoms in total. The van der Waals surface area contributed by atoms with E-state index in [-0.39, 0.29) is 6.03 Å². The second kappa shape index (κ2) is 7.53. The Morgan fingerprint density at radius 1 is 0.966 bits per heavy atom. The lowest BCUT2D eigenvalue weighted by Crippen LogP contribution is -2.41. The molecule has 2 amide bonds. The fourth-order valence-corrected chi connectivity index (χ4v) is 4.75. The Kier molecular flexibility index (Phi) is 4.73. The second-order valence-corrected chi connectivity index (χ2v) is 8.49. The molecule has 3 aliphatic rings. The van der Waals surface area contributed by atoms with Crippen LogP contribution in [0.3, 0.4) is 0 Å². The number of carbonyl (C=O) groups is 1. The number of hydrogen-bond donors (Lipinski definition) is 1. The summed E-state index contributed by atoms with van der Waals surface area (Å²) in [5, 5.41) is 12.2. The number of urea groups is 1. The van der Waals surface area contributed by atoms with E-state index in [2.05, 4.69) is 28.4 Å². The van der Waals surface area contributed by atoms with Crippen LogP contribution < -0.4 is 5.32 Å². The number of nitrogens with zero attached hydrogens (tertiary/aromatic N) is 3. The molecule has 2 aromatic rings. The highest BCUT2D eigenvalue weighted by atomic mass is 16.2. The molecule has 2 aromatic carbocycles. The van der Waals surface area contributed by atoms with Gasteiger partial charge in [0.2, 0.25) is 0 Å². The molecule has 0 saturated heterocycles. The van der Waals surface area contributed by atoms with Crippen LogP contribution in [0.4, 0.5) is 10.5 Å². The molecule has 148 valence electrons. The normalized spacial score (nSPS) is 18.9. The smallest absolute Gasteiger partial charge is 0.316 e. The van der Waals surface area contributed by atoms with E-state index in [0.29, 0.717) is 18.7 Å². The minimum absolute atomic E-state index is 0.0793. The summed E-state index contributed by atoms with van der Waals surface area (Å²) in [6, 6.07) is 14.9. The summed E-state index contributed by atoms with van der Waals surface area (Å²) in [6.07, 6.45) is 6.24. The number of anilines is 1. The predicted octanol–water partition coefficient (Wildman–Crippen LogP) is 4.06. The van der Waals surface area contributed by atoms with Gasteiger partial charge in [0.25, 0.3) is 0 Å². The van der Waals surface area contributed by atoms with Gasteiger partial charge in [0, 0.05) is 37.9 Å². The maximum atomic E-state index is 12.8. The molecule has 0 atom stereocenters. The van der Waals surface area contributed by atoms with Crippen molar-refractivity contribution in [3.63, 3.8) is 0 Å². The number of rotatable bonds is 2. The van der Waals surface area contributed by atoms with E-state index in [9.17, 15) is 4.79 Å². The first kappa shape index (κ1) is 18.2. The molecule has 0 unspecified atom stereocenters. The number of benzene rings is 2. The van der Waals surface area contributed by atoms with Crippen LogP contribution in [0.15, 0.2) is 36.4 Å². The van der Waals surface area contributed by atoms with Crippen molar-refractivity contribution in [3.05, 3.63) is 64.2 Å². The van der Waals surface area contributed by atoms with Crippen molar-refractivity contribution in [1.82, 2.24) is 9.80 Å². The third kappa shape index (κ3) is 3.61. The van der Waals surface area contributed by atoms with Gasteiger partial charge in [-0.25, -0.2) is 4.79 Å². The fourth-order valence-electron chi connectivity index (χ4n) is 4.75. The van der Waals surface area contributed by atoms with Gasteiger partial charge in [-0.15, -0.1) is 0 Å². The Hall–Kier alpha value is -2.84. The standard InChI is InChI=1S/C24H26N4O/c25-14-17-4-5-20-15-28(16-21(20)12-17)24(29)26-22-7-6-18-8-10-27(23-2-1-3-23)11-9-19(18)13-22/h4-7,12-13,23H,1-3,8-11,15-16H2,(H,26,29). The zero-order valence-electron chi connectivity index (χ0n) is 16.7. The van der Waals surface area contributed by atoms with Gasteiger partial charge in [-0.2, -0.15) is 5.26 Å². The molecule has 29 heavy (non-hydrogen) atoms. The molecular formula is C24H26N4O. The Balaban J connectivity index is 1.24. The van der Waals surface area contributed by atoms with Crippen molar-refractivity contribution in [2.24, 2.45) is 0 Å². The maximum Gasteiger partial charge on any atom is 0.322 e. The first-order valence-electron chi connectivity index (χ1n) is 10.6. The van der Waals surface area contributed by atoms with E-state index in [1.54, 1.807) is 4.90 Å². The summed E-state index contributed by atoms with van der Waals surface area (Å²) in [6.45, 7) is 3.42. The van der Waals surface area contributed by atoms with Crippen molar-refractivity contribution in [2.75, 3.05) is 18.4 Å². The van der Waals surface area contributed by atoms with Crippen LogP contribution in [-0.4, -0.2) is 35.0 Å². The molecule has 0 radical (unpaired) electrons. The van der Waals surface area contributed by atoms with Crippen molar-refractivity contribution in [2.45, 2.75) is 51.2 Å². The number of amides is 2. The van der Waals surface area contributed by atoms with E-state index in [0.717, 1.165) is 48.8 Å². The Labute approximate surface area is 171 Å². The molecule has 5 rings (SSSR count). The number of fused-ring (bicyclic) bond motifs is 2. The van der Waals surface area contributed by atoms with Gasteiger partial charge in [0.1, 0.15) is 0 Å². The Morgan fingerprint density at radius 3 is 2.48 bits per heavy atom. The van der Waals surface area contributed by atoms with Gasteiger partial charge < -0.3 is 10.2 Å². The van der Waals surface area contributed by atoms with Crippen LogP contribution in [0.1, 0.15) is 47.1 Å². The number of carbonyl (C=O) groups excluding carboxylic acids is 1. The fraction of sp³-hybridized carbons (Fsp3) is 0.417. The largest absolute Gasteiger partial charge is 0.322 e. The Morgan fingerprint density at radius 2 is 1.72 bits per heavy atom. The zero-order valence-corrected chi connectivity index (χ0v) is 16.7. The molecule has 1 aliphatic carbocycles. The van der Waals surface area contributed by atoms with Crippen LogP contribution in [0.2, 0.25) is 0 Å². The first-order chi connectivity index (χ1) is 14.2. The van der Waals surface area contributed by atoms with E-state index >= 15 is 0 Å². The topological polar surface area (TPSA) is 59.4 Å². The average Bonchev–Trinajstić information content (AvgIpc) is 3.02.